The molecule has 0 aliphatic heterocycles. The SMILES string of the molecule is CCC(=S)Oc1cccc(C)c1COc1cc(C)c(C)cc1C. The minimum atomic E-state index is 0.470. The van der Waals surface area contributed by atoms with Crippen LogP contribution >= 0.6 is 12.2 Å². The van der Waals surface area contributed by atoms with Gasteiger partial charge in [-0.2, -0.15) is 0 Å². The molecule has 2 nitrogen and oxygen atoms in total. The Kier molecular flexibility index (Phi) is 5.78. The zero-order chi connectivity index (χ0) is 17.0. The van der Waals surface area contributed by atoms with Crippen molar-refractivity contribution in [2.24, 2.45) is 0 Å². The number of aryl methyl sites for hydroxylation is 4. The Bertz CT molecular complexity index is 720. The average molecular weight is 328 g/mol. The maximum absolute atomic E-state index is 6.07. The van der Waals surface area contributed by atoms with Gasteiger partial charge in [0.25, 0.3) is 0 Å². The highest BCUT2D eigenvalue weighted by molar-refractivity contribution is 7.80. The van der Waals surface area contributed by atoms with Crippen LogP contribution in [0.25, 0.3) is 0 Å². The summed E-state index contributed by atoms with van der Waals surface area (Å²) < 4.78 is 11.9. The third-order valence-corrected chi connectivity index (χ3v) is 4.42. The molecule has 0 bridgehead atoms. The van der Waals surface area contributed by atoms with Crippen LogP contribution in [0.3, 0.4) is 0 Å². The van der Waals surface area contributed by atoms with Crippen LogP contribution in [0.5, 0.6) is 11.5 Å². The first-order valence-corrected chi connectivity index (χ1v) is 8.33. The van der Waals surface area contributed by atoms with Crippen molar-refractivity contribution in [3.8, 4) is 11.5 Å². The smallest absolute Gasteiger partial charge is 0.167 e. The van der Waals surface area contributed by atoms with Gasteiger partial charge in [0.1, 0.15) is 18.1 Å². The molecule has 2 aromatic carbocycles. The first-order chi connectivity index (χ1) is 10.9. The second-order valence-electron chi connectivity index (χ2n) is 5.87. The van der Waals surface area contributed by atoms with Gasteiger partial charge >= 0.3 is 0 Å². The second-order valence-corrected chi connectivity index (χ2v) is 6.33. The predicted molar refractivity (Wildman–Crippen MR) is 99.7 cm³/mol. The topological polar surface area (TPSA) is 18.5 Å². The highest BCUT2D eigenvalue weighted by atomic mass is 32.1. The summed E-state index contributed by atoms with van der Waals surface area (Å²) in [5.41, 5.74) is 5.85. The number of rotatable bonds is 5. The normalized spacial score (nSPS) is 10.5. The molecule has 0 aliphatic rings. The molecule has 0 amide bonds. The minimum absolute atomic E-state index is 0.470. The molecular formula is C20H24O2S. The fourth-order valence-electron chi connectivity index (χ4n) is 2.39. The monoisotopic (exact) mass is 328 g/mol. The summed E-state index contributed by atoms with van der Waals surface area (Å²) in [4.78, 5) is 0. The van der Waals surface area contributed by atoms with E-state index in [9.17, 15) is 0 Å². The highest BCUT2D eigenvalue weighted by Crippen LogP contribution is 2.27. The molecule has 0 aromatic heterocycles. The van der Waals surface area contributed by atoms with Gasteiger partial charge in [0.2, 0.25) is 0 Å². The van der Waals surface area contributed by atoms with Crippen molar-refractivity contribution in [2.45, 2.75) is 47.6 Å². The van der Waals surface area contributed by atoms with E-state index < -0.39 is 0 Å². The van der Waals surface area contributed by atoms with Crippen LogP contribution in [0.15, 0.2) is 30.3 Å². The summed E-state index contributed by atoms with van der Waals surface area (Å²) in [6.07, 6.45) is 0.722. The van der Waals surface area contributed by atoms with Crippen molar-refractivity contribution in [1.82, 2.24) is 0 Å². The highest BCUT2D eigenvalue weighted by Gasteiger charge is 2.11. The molecule has 3 heteroatoms. The summed E-state index contributed by atoms with van der Waals surface area (Å²) in [7, 11) is 0. The second kappa shape index (κ2) is 7.60. The zero-order valence-electron chi connectivity index (χ0n) is 14.5. The van der Waals surface area contributed by atoms with Gasteiger partial charge in [-0.15, -0.1) is 0 Å². The van der Waals surface area contributed by atoms with Crippen molar-refractivity contribution in [3.05, 3.63) is 58.1 Å². The van der Waals surface area contributed by atoms with Gasteiger partial charge in [0.15, 0.2) is 5.05 Å². The number of benzene rings is 2. The molecule has 23 heavy (non-hydrogen) atoms. The lowest BCUT2D eigenvalue weighted by Crippen LogP contribution is -2.08. The fraction of sp³-hybridized carbons (Fsp3) is 0.350. The third kappa shape index (κ3) is 4.32. The van der Waals surface area contributed by atoms with Gasteiger partial charge in [0, 0.05) is 12.0 Å². The van der Waals surface area contributed by atoms with Crippen molar-refractivity contribution in [3.63, 3.8) is 0 Å². The minimum Gasteiger partial charge on any atom is -0.488 e. The molecule has 0 aliphatic carbocycles. The van der Waals surface area contributed by atoms with Crippen LogP contribution in [0.4, 0.5) is 0 Å². The van der Waals surface area contributed by atoms with Gasteiger partial charge in [-0.1, -0.05) is 25.1 Å². The molecule has 0 fully saturated rings. The lowest BCUT2D eigenvalue weighted by molar-refractivity contribution is 0.299. The summed E-state index contributed by atoms with van der Waals surface area (Å²) in [6, 6.07) is 10.2. The van der Waals surface area contributed by atoms with Crippen LogP contribution in [-0.2, 0) is 6.61 Å². The van der Waals surface area contributed by atoms with Crippen LogP contribution in [0.1, 0.15) is 41.2 Å². The number of hydrogen-bond acceptors (Lipinski definition) is 3. The first kappa shape index (κ1) is 17.5. The van der Waals surface area contributed by atoms with E-state index in [4.69, 9.17) is 21.7 Å². The van der Waals surface area contributed by atoms with E-state index in [1.165, 1.54) is 11.1 Å². The maximum Gasteiger partial charge on any atom is 0.167 e. The summed E-state index contributed by atoms with van der Waals surface area (Å²) >= 11 is 5.21. The molecule has 2 rings (SSSR count). The molecule has 0 saturated heterocycles. The molecule has 0 saturated carbocycles. The molecule has 122 valence electrons. The average Bonchev–Trinajstić information content (AvgIpc) is 2.51. The van der Waals surface area contributed by atoms with Crippen molar-refractivity contribution in [2.75, 3.05) is 0 Å². The molecule has 2 aromatic rings. The summed E-state index contributed by atoms with van der Waals surface area (Å²) in [5, 5.41) is 0.596. The van der Waals surface area contributed by atoms with Gasteiger partial charge in [-0.25, -0.2) is 0 Å². The van der Waals surface area contributed by atoms with E-state index in [1.807, 2.05) is 19.1 Å². The number of hydrogen-bond donors (Lipinski definition) is 0. The molecule has 0 atom stereocenters. The quantitative estimate of drug-likeness (QED) is 0.664. The number of thiocarbonyl (C=S) groups is 1. The fourth-order valence-corrected chi connectivity index (χ4v) is 2.48. The summed E-state index contributed by atoms with van der Waals surface area (Å²) in [5.74, 6) is 1.71. The van der Waals surface area contributed by atoms with Gasteiger partial charge in [0.05, 0.1) is 0 Å². The Hall–Kier alpha value is -1.87. The maximum atomic E-state index is 6.07. The Morgan fingerprint density at radius 2 is 1.61 bits per heavy atom. The van der Waals surface area contributed by atoms with E-state index in [-0.39, 0.29) is 0 Å². The van der Waals surface area contributed by atoms with E-state index in [2.05, 4.69) is 45.9 Å². The Labute approximate surface area is 144 Å². The lowest BCUT2D eigenvalue weighted by Gasteiger charge is -2.16. The largest absolute Gasteiger partial charge is 0.488 e. The van der Waals surface area contributed by atoms with Crippen molar-refractivity contribution in [1.29, 1.82) is 0 Å². The molecule has 0 N–H and O–H groups in total. The van der Waals surface area contributed by atoms with Crippen LogP contribution in [0, 0.1) is 27.7 Å². The Morgan fingerprint density at radius 1 is 0.913 bits per heavy atom. The Balaban J connectivity index is 2.23. The summed E-state index contributed by atoms with van der Waals surface area (Å²) in [6.45, 7) is 10.8. The molecule has 0 radical (unpaired) electrons. The molecule has 0 heterocycles. The number of ether oxygens (including phenoxy) is 2. The zero-order valence-corrected chi connectivity index (χ0v) is 15.3. The van der Waals surface area contributed by atoms with Gasteiger partial charge in [-0.05, 0) is 74.3 Å². The van der Waals surface area contributed by atoms with Gasteiger partial charge in [-0.3, -0.25) is 0 Å². The van der Waals surface area contributed by atoms with E-state index >= 15 is 0 Å². The van der Waals surface area contributed by atoms with E-state index in [0.29, 0.717) is 11.7 Å². The predicted octanol–water partition coefficient (Wildman–Crippen LogP) is 5.62. The third-order valence-electron chi connectivity index (χ3n) is 4.04. The van der Waals surface area contributed by atoms with E-state index in [1.54, 1.807) is 0 Å². The van der Waals surface area contributed by atoms with Crippen LogP contribution < -0.4 is 9.47 Å². The molecule has 0 spiro atoms. The standard InChI is InChI=1S/C20H24O2S/c1-6-20(23)22-18-9-7-8-13(2)17(18)12-21-19-11-15(4)14(3)10-16(19)5/h7-11H,6,12H2,1-5H3. The first-order valence-electron chi connectivity index (χ1n) is 7.92. The van der Waals surface area contributed by atoms with Crippen LogP contribution in [-0.4, -0.2) is 5.05 Å². The van der Waals surface area contributed by atoms with E-state index in [0.717, 1.165) is 34.6 Å². The molecular weight excluding hydrogens is 304 g/mol. The van der Waals surface area contributed by atoms with Gasteiger partial charge < -0.3 is 9.47 Å². The van der Waals surface area contributed by atoms with Crippen molar-refractivity contribution < 1.29 is 9.47 Å². The lowest BCUT2D eigenvalue weighted by atomic mass is 10.1. The molecule has 0 unspecified atom stereocenters. The van der Waals surface area contributed by atoms with Crippen molar-refractivity contribution >= 4 is 17.3 Å². The van der Waals surface area contributed by atoms with Crippen LogP contribution in [0.2, 0.25) is 0 Å². The Morgan fingerprint density at radius 3 is 2.30 bits per heavy atom.